The van der Waals surface area contributed by atoms with Crippen LogP contribution in [-0.4, -0.2) is 41.1 Å². The van der Waals surface area contributed by atoms with Gasteiger partial charge in [-0.2, -0.15) is 0 Å². The summed E-state index contributed by atoms with van der Waals surface area (Å²) in [6.07, 6.45) is -0.0984. The molecular weight excluding hydrogens is 284 g/mol. The third-order valence-electron chi connectivity index (χ3n) is 4.85. The monoisotopic (exact) mass is 306 g/mol. The van der Waals surface area contributed by atoms with E-state index in [-0.39, 0.29) is 12.2 Å². The van der Waals surface area contributed by atoms with Gasteiger partial charge in [-0.15, -0.1) is 0 Å². The van der Waals surface area contributed by atoms with Crippen molar-refractivity contribution in [2.75, 3.05) is 0 Å². The molecule has 22 heavy (non-hydrogen) atoms. The van der Waals surface area contributed by atoms with Crippen LogP contribution in [-0.2, 0) is 25.6 Å². The molecule has 5 heteroatoms. The zero-order chi connectivity index (χ0) is 15.4. The maximum Gasteiger partial charge on any atom is 0.190 e. The highest BCUT2D eigenvalue weighted by molar-refractivity contribution is 5.16. The summed E-state index contributed by atoms with van der Waals surface area (Å²) in [4.78, 5) is 0. The van der Waals surface area contributed by atoms with Crippen molar-refractivity contribution in [3.05, 3.63) is 35.9 Å². The number of rotatable bonds is 3. The molecule has 2 saturated heterocycles. The minimum Gasteiger partial charge on any atom is -0.390 e. The van der Waals surface area contributed by atoms with Gasteiger partial charge < -0.3 is 24.1 Å². The van der Waals surface area contributed by atoms with Crippen molar-refractivity contribution < 1.29 is 24.1 Å². The van der Waals surface area contributed by atoms with Gasteiger partial charge in [0.25, 0.3) is 0 Å². The van der Waals surface area contributed by atoms with Crippen LogP contribution in [0.2, 0.25) is 0 Å². The number of ether oxygens (including phenoxy) is 4. The number of benzene rings is 1. The summed E-state index contributed by atoms with van der Waals surface area (Å²) >= 11 is 0. The molecule has 3 fully saturated rings. The quantitative estimate of drug-likeness (QED) is 0.925. The molecule has 1 aromatic carbocycles. The SMILES string of the molecule is CC1(C)O[C@H]2O[C@@]3(CC[C@H]3O)C(OCc3ccccc3)[C@@H]2O1. The largest absolute Gasteiger partial charge is 0.390 e. The maximum absolute atomic E-state index is 10.2. The first-order chi connectivity index (χ1) is 10.5. The second-order valence-electron chi connectivity index (χ2n) is 6.81. The van der Waals surface area contributed by atoms with E-state index in [1.807, 2.05) is 44.2 Å². The molecule has 0 radical (unpaired) electrons. The summed E-state index contributed by atoms with van der Waals surface area (Å²) in [7, 11) is 0. The van der Waals surface area contributed by atoms with Gasteiger partial charge in [0.05, 0.1) is 12.7 Å². The van der Waals surface area contributed by atoms with Gasteiger partial charge in [0.1, 0.15) is 17.8 Å². The van der Waals surface area contributed by atoms with E-state index in [0.717, 1.165) is 18.4 Å². The number of fused-ring (bicyclic) bond motifs is 1. The zero-order valence-corrected chi connectivity index (χ0v) is 12.9. The number of aliphatic hydroxyl groups excluding tert-OH is 1. The number of hydrogen-bond donors (Lipinski definition) is 1. The minimum atomic E-state index is -0.681. The van der Waals surface area contributed by atoms with Crippen LogP contribution in [0.25, 0.3) is 0 Å². The molecule has 1 aliphatic carbocycles. The molecular formula is C17H22O5. The van der Waals surface area contributed by atoms with Crippen LogP contribution >= 0.6 is 0 Å². The lowest BCUT2D eigenvalue weighted by Gasteiger charge is -2.47. The van der Waals surface area contributed by atoms with E-state index in [4.69, 9.17) is 18.9 Å². The summed E-state index contributed by atoms with van der Waals surface area (Å²) in [5, 5.41) is 10.2. The molecule has 1 unspecified atom stereocenters. The fourth-order valence-corrected chi connectivity index (χ4v) is 3.64. The first-order valence-electron chi connectivity index (χ1n) is 7.87. The van der Waals surface area contributed by atoms with Crippen molar-refractivity contribution >= 4 is 0 Å². The van der Waals surface area contributed by atoms with E-state index < -0.39 is 23.8 Å². The van der Waals surface area contributed by atoms with Crippen LogP contribution in [0.15, 0.2) is 30.3 Å². The third kappa shape index (κ3) is 2.20. The molecule has 1 N–H and O–H groups in total. The molecule has 0 aromatic heterocycles. The summed E-state index contributed by atoms with van der Waals surface area (Å²) in [6, 6.07) is 9.99. The topological polar surface area (TPSA) is 57.2 Å². The van der Waals surface area contributed by atoms with Crippen molar-refractivity contribution in [1.29, 1.82) is 0 Å². The molecule has 2 heterocycles. The van der Waals surface area contributed by atoms with E-state index in [2.05, 4.69) is 0 Å². The Balaban J connectivity index is 1.53. The van der Waals surface area contributed by atoms with Crippen molar-refractivity contribution in [3.63, 3.8) is 0 Å². The molecule has 1 aromatic rings. The van der Waals surface area contributed by atoms with Crippen molar-refractivity contribution in [2.24, 2.45) is 0 Å². The van der Waals surface area contributed by atoms with Crippen molar-refractivity contribution in [2.45, 2.75) is 69.3 Å². The van der Waals surface area contributed by atoms with E-state index in [9.17, 15) is 5.11 Å². The van der Waals surface area contributed by atoms with E-state index in [1.54, 1.807) is 0 Å². The molecule has 2 aliphatic heterocycles. The Hall–Kier alpha value is -0.980. The minimum absolute atomic E-state index is 0.298. The molecule has 3 aliphatic rings. The Labute approximate surface area is 130 Å². The molecule has 120 valence electrons. The summed E-state index contributed by atoms with van der Waals surface area (Å²) in [5.74, 6) is -0.681. The van der Waals surface area contributed by atoms with E-state index in [0.29, 0.717) is 6.61 Å². The van der Waals surface area contributed by atoms with Crippen LogP contribution in [0, 0.1) is 0 Å². The van der Waals surface area contributed by atoms with Crippen LogP contribution in [0.3, 0.4) is 0 Å². The average molecular weight is 306 g/mol. The lowest BCUT2D eigenvalue weighted by atomic mass is 9.73. The standard InChI is InChI=1S/C17H22O5/c1-16(2)20-13-14(19-10-11-6-4-3-5-7-11)17(9-8-12(17)18)22-15(13)21-16/h3-7,12-15,18H,8-10H2,1-2H3/t12-,13+,14?,15+,17-/m1/s1. The molecule has 0 bridgehead atoms. The van der Waals surface area contributed by atoms with Gasteiger partial charge in [0.15, 0.2) is 12.1 Å². The molecule has 4 rings (SSSR count). The second kappa shape index (κ2) is 5.01. The van der Waals surface area contributed by atoms with Crippen LogP contribution in [0.1, 0.15) is 32.3 Å². The normalized spacial score (nSPS) is 42.3. The molecule has 5 nitrogen and oxygen atoms in total. The molecule has 5 atom stereocenters. The predicted molar refractivity (Wildman–Crippen MR) is 77.9 cm³/mol. The highest BCUT2D eigenvalue weighted by Crippen LogP contribution is 2.52. The Bertz CT molecular complexity index is 545. The first-order valence-corrected chi connectivity index (χ1v) is 7.87. The molecule has 1 saturated carbocycles. The van der Waals surface area contributed by atoms with Crippen molar-refractivity contribution in [1.82, 2.24) is 0 Å². The van der Waals surface area contributed by atoms with Gasteiger partial charge in [-0.25, -0.2) is 0 Å². The van der Waals surface area contributed by atoms with E-state index >= 15 is 0 Å². The Morgan fingerprint density at radius 2 is 1.95 bits per heavy atom. The van der Waals surface area contributed by atoms with Crippen LogP contribution in [0.4, 0.5) is 0 Å². The van der Waals surface area contributed by atoms with Gasteiger partial charge in [-0.05, 0) is 32.3 Å². The van der Waals surface area contributed by atoms with Crippen molar-refractivity contribution in [3.8, 4) is 0 Å². The fraction of sp³-hybridized carbons (Fsp3) is 0.647. The smallest absolute Gasteiger partial charge is 0.190 e. The zero-order valence-electron chi connectivity index (χ0n) is 12.9. The van der Waals surface area contributed by atoms with Gasteiger partial charge in [-0.1, -0.05) is 30.3 Å². The van der Waals surface area contributed by atoms with Gasteiger partial charge in [-0.3, -0.25) is 0 Å². The van der Waals surface area contributed by atoms with Gasteiger partial charge in [0.2, 0.25) is 0 Å². The average Bonchev–Trinajstić information content (AvgIpc) is 2.95. The van der Waals surface area contributed by atoms with Gasteiger partial charge in [0, 0.05) is 0 Å². The second-order valence-corrected chi connectivity index (χ2v) is 6.81. The molecule has 1 spiro atoms. The van der Waals surface area contributed by atoms with Gasteiger partial charge >= 0.3 is 0 Å². The first kappa shape index (κ1) is 14.6. The Kier molecular flexibility index (Phi) is 3.33. The van der Waals surface area contributed by atoms with Crippen LogP contribution in [0.5, 0.6) is 0 Å². The summed E-state index contributed by atoms with van der Waals surface area (Å²) in [6.45, 7) is 4.20. The third-order valence-corrected chi connectivity index (χ3v) is 4.85. The summed E-state index contributed by atoms with van der Waals surface area (Å²) in [5.41, 5.74) is 0.411. The highest BCUT2D eigenvalue weighted by Gasteiger charge is 2.68. The summed E-state index contributed by atoms with van der Waals surface area (Å²) < 4.78 is 23.9. The highest BCUT2D eigenvalue weighted by atomic mass is 16.8. The fourth-order valence-electron chi connectivity index (χ4n) is 3.64. The van der Waals surface area contributed by atoms with E-state index in [1.165, 1.54) is 0 Å². The Morgan fingerprint density at radius 3 is 2.59 bits per heavy atom. The Morgan fingerprint density at radius 1 is 1.18 bits per heavy atom. The number of aliphatic hydroxyl groups is 1. The lowest BCUT2D eigenvalue weighted by Crippen LogP contribution is -2.61. The maximum atomic E-state index is 10.2. The lowest BCUT2D eigenvalue weighted by molar-refractivity contribution is -0.287. The molecule has 0 amide bonds. The number of hydrogen-bond acceptors (Lipinski definition) is 5. The predicted octanol–water partition coefficient (Wildman–Crippen LogP) is 1.97. The van der Waals surface area contributed by atoms with Crippen LogP contribution < -0.4 is 0 Å².